The number of hydrogen-bond donors (Lipinski definition) is 0. The van der Waals surface area contributed by atoms with E-state index in [1.54, 1.807) is 6.92 Å². The number of carbonyl (C=O) groups excluding carboxylic acids is 2. The maximum absolute atomic E-state index is 13.0. The molecule has 5 heteroatoms. The van der Waals surface area contributed by atoms with Crippen LogP contribution in [0.2, 0.25) is 0 Å². The van der Waals surface area contributed by atoms with E-state index >= 15 is 0 Å². The molecule has 0 atom stereocenters. The van der Waals surface area contributed by atoms with Gasteiger partial charge in [-0.15, -0.1) is 0 Å². The standard InChI is InChI=1S/C13H13FO4/c1-3-17-13(16)6-7-18-12-5-4-10(14)8-11(12)9(2)15/h4-8H,3H2,1-2H3. The second kappa shape index (κ2) is 6.54. The summed E-state index contributed by atoms with van der Waals surface area (Å²) in [6.07, 6.45) is 2.18. The summed E-state index contributed by atoms with van der Waals surface area (Å²) in [5, 5.41) is 0. The molecule has 0 fully saturated rings. The summed E-state index contributed by atoms with van der Waals surface area (Å²) in [6.45, 7) is 3.25. The van der Waals surface area contributed by atoms with Gasteiger partial charge < -0.3 is 9.47 Å². The number of esters is 1. The molecule has 96 valence electrons. The molecule has 0 N–H and O–H groups in total. The van der Waals surface area contributed by atoms with Gasteiger partial charge in [0, 0.05) is 0 Å². The van der Waals surface area contributed by atoms with Gasteiger partial charge in [0.05, 0.1) is 24.5 Å². The molecule has 0 unspecified atom stereocenters. The minimum Gasteiger partial charge on any atom is -0.464 e. The summed E-state index contributed by atoms with van der Waals surface area (Å²) < 4.78 is 22.7. The van der Waals surface area contributed by atoms with E-state index in [-0.39, 0.29) is 23.7 Å². The zero-order valence-corrected chi connectivity index (χ0v) is 10.1. The van der Waals surface area contributed by atoms with Crippen molar-refractivity contribution >= 4 is 11.8 Å². The van der Waals surface area contributed by atoms with E-state index in [2.05, 4.69) is 4.74 Å². The summed E-state index contributed by atoms with van der Waals surface area (Å²) in [4.78, 5) is 22.2. The topological polar surface area (TPSA) is 52.6 Å². The fraction of sp³-hybridized carbons (Fsp3) is 0.231. The van der Waals surface area contributed by atoms with Gasteiger partial charge in [-0.1, -0.05) is 0 Å². The van der Waals surface area contributed by atoms with Crippen LogP contribution in [0, 0.1) is 5.82 Å². The first kappa shape index (κ1) is 13.9. The van der Waals surface area contributed by atoms with Crippen LogP contribution in [-0.2, 0) is 9.53 Å². The lowest BCUT2D eigenvalue weighted by molar-refractivity contribution is -0.137. The van der Waals surface area contributed by atoms with E-state index in [9.17, 15) is 14.0 Å². The fourth-order valence-corrected chi connectivity index (χ4v) is 1.23. The second-order valence-electron chi connectivity index (χ2n) is 3.37. The van der Waals surface area contributed by atoms with Crippen molar-refractivity contribution in [3.05, 3.63) is 41.9 Å². The Morgan fingerprint density at radius 2 is 2.11 bits per heavy atom. The molecular formula is C13H13FO4. The fourth-order valence-electron chi connectivity index (χ4n) is 1.23. The predicted molar refractivity (Wildman–Crippen MR) is 62.8 cm³/mol. The van der Waals surface area contributed by atoms with E-state index in [0.717, 1.165) is 18.4 Å². The lowest BCUT2D eigenvalue weighted by atomic mass is 10.1. The average Bonchev–Trinajstić information content (AvgIpc) is 2.31. The van der Waals surface area contributed by atoms with Crippen molar-refractivity contribution in [3.8, 4) is 5.75 Å². The van der Waals surface area contributed by atoms with Crippen molar-refractivity contribution < 1.29 is 23.5 Å². The predicted octanol–water partition coefficient (Wildman–Crippen LogP) is 2.48. The van der Waals surface area contributed by atoms with E-state index in [1.807, 2.05) is 0 Å². The van der Waals surface area contributed by atoms with E-state index in [0.29, 0.717) is 0 Å². The molecule has 4 nitrogen and oxygen atoms in total. The Kier molecular flexibility index (Phi) is 5.05. The smallest absolute Gasteiger partial charge is 0.333 e. The Balaban J connectivity index is 2.79. The summed E-state index contributed by atoms with van der Waals surface area (Å²) >= 11 is 0. The van der Waals surface area contributed by atoms with Crippen molar-refractivity contribution in [1.82, 2.24) is 0 Å². The monoisotopic (exact) mass is 252 g/mol. The molecule has 1 aromatic rings. The van der Waals surface area contributed by atoms with Crippen molar-refractivity contribution in [1.29, 1.82) is 0 Å². The average molecular weight is 252 g/mol. The molecule has 18 heavy (non-hydrogen) atoms. The molecule has 0 aliphatic heterocycles. The number of carbonyl (C=O) groups is 2. The number of hydrogen-bond acceptors (Lipinski definition) is 4. The third kappa shape index (κ3) is 4.01. The van der Waals surface area contributed by atoms with Crippen LogP contribution >= 0.6 is 0 Å². The SMILES string of the molecule is CCOC(=O)C=COc1ccc(F)cc1C(C)=O. The Morgan fingerprint density at radius 1 is 1.39 bits per heavy atom. The van der Waals surface area contributed by atoms with Crippen LogP contribution in [0.5, 0.6) is 5.75 Å². The third-order valence-electron chi connectivity index (χ3n) is 2.01. The number of benzene rings is 1. The van der Waals surface area contributed by atoms with Crippen LogP contribution in [0.15, 0.2) is 30.5 Å². The highest BCUT2D eigenvalue weighted by Crippen LogP contribution is 2.20. The molecule has 0 spiro atoms. The van der Waals surface area contributed by atoms with Crippen LogP contribution in [0.3, 0.4) is 0 Å². The number of ketones is 1. The van der Waals surface area contributed by atoms with Crippen LogP contribution < -0.4 is 4.74 Å². The van der Waals surface area contributed by atoms with E-state index < -0.39 is 11.8 Å². The normalized spacial score (nSPS) is 10.4. The van der Waals surface area contributed by atoms with Crippen molar-refractivity contribution in [3.63, 3.8) is 0 Å². The van der Waals surface area contributed by atoms with Gasteiger partial charge in [-0.05, 0) is 32.0 Å². The molecule has 0 saturated carbocycles. The quantitative estimate of drug-likeness (QED) is 0.349. The first-order chi connectivity index (χ1) is 8.54. The largest absolute Gasteiger partial charge is 0.464 e. The molecule has 1 aromatic carbocycles. The van der Waals surface area contributed by atoms with Gasteiger partial charge in [-0.2, -0.15) is 0 Å². The van der Waals surface area contributed by atoms with Gasteiger partial charge in [-0.25, -0.2) is 9.18 Å². The summed E-state index contributed by atoms with van der Waals surface area (Å²) in [5.74, 6) is -1.22. The van der Waals surface area contributed by atoms with Gasteiger partial charge in [0.15, 0.2) is 5.78 Å². The molecule has 0 aliphatic rings. The van der Waals surface area contributed by atoms with Crippen LogP contribution in [-0.4, -0.2) is 18.4 Å². The Morgan fingerprint density at radius 3 is 2.72 bits per heavy atom. The minimum absolute atomic E-state index is 0.114. The van der Waals surface area contributed by atoms with E-state index in [4.69, 9.17) is 4.74 Å². The maximum atomic E-state index is 13.0. The Bertz CT molecular complexity index is 480. The highest BCUT2D eigenvalue weighted by Gasteiger charge is 2.09. The molecule has 1 rings (SSSR count). The third-order valence-corrected chi connectivity index (χ3v) is 2.01. The van der Waals surface area contributed by atoms with Crippen molar-refractivity contribution in [2.75, 3.05) is 6.61 Å². The van der Waals surface area contributed by atoms with Crippen molar-refractivity contribution in [2.24, 2.45) is 0 Å². The van der Waals surface area contributed by atoms with Crippen molar-refractivity contribution in [2.45, 2.75) is 13.8 Å². The second-order valence-corrected chi connectivity index (χ2v) is 3.37. The van der Waals surface area contributed by atoms with Crippen LogP contribution in [0.4, 0.5) is 4.39 Å². The number of ether oxygens (including phenoxy) is 2. The van der Waals surface area contributed by atoms with Gasteiger partial charge in [0.2, 0.25) is 0 Å². The first-order valence-corrected chi connectivity index (χ1v) is 5.35. The zero-order chi connectivity index (χ0) is 13.5. The molecule has 0 aromatic heterocycles. The molecule has 0 bridgehead atoms. The lowest BCUT2D eigenvalue weighted by Crippen LogP contribution is -2.01. The van der Waals surface area contributed by atoms with Gasteiger partial charge in [0.25, 0.3) is 0 Å². The number of Topliss-reactive ketones (excluding diaryl/α,β-unsaturated/α-hetero) is 1. The zero-order valence-electron chi connectivity index (χ0n) is 10.1. The first-order valence-electron chi connectivity index (χ1n) is 5.35. The number of rotatable bonds is 5. The molecule has 0 saturated heterocycles. The minimum atomic E-state index is -0.552. The van der Waals surface area contributed by atoms with Gasteiger partial charge >= 0.3 is 5.97 Å². The Hall–Kier alpha value is -2.17. The molecular weight excluding hydrogens is 239 g/mol. The highest BCUT2D eigenvalue weighted by atomic mass is 19.1. The summed E-state index contributed by atoms with van der Waals surface area (Å²) in [7, 11) is 0. The van der Waals surface area contributed by atoms with Crippen LogP contribution in [0.25, 0.3) is 0 Å². The number of halogens is 1. The van der Waals surface area contributed by atoms with Gasteiger partial charge in [0.1, 0.15) is 11.6 Å². The molecule has 0 amide bonds. The van der Waals surface area contributed by atoms with E-state index in [1.165, 1.54) is 19.1 Å². The summed E-state index contributed by atoms with van der Waals surface area (Å²) in [5.41, 5.74) is 0.114. The lowest BCUT2D eigenvalue weighted by Gasteiger charge is -2.05. The molecule has 0 radical (unpaired) electrons. The Labute approximate surface area is 104 Å². The highest BCUT2D eigenvalue weighted by molar-refractivity contribution is 5.96. The van der Waals surface area contributed by atoms with Gasteiger partial charge in [-0.3, -0.25) is 4.79 Å². The molecule has 0 aliphatic carbocycles. The molecule has 0 heterocycles. The summed E-state index contributed by atoms with van der Waals surface area (Å²) in [6, 6.07) is 3.57. The van der Waals surface area contributed by atoms with Crippen LogP contribution in [0.1, 0.15) is 24.2 Å². The maximum Gasteiger partial charge on any atom is 0.333 e.